The highest BCUT2D eigenvalue weighted by Gasteiger charge is 2.05. The Labute approximate surface area is 122 Å². The van der Waals surface area contributed by atoms with E-state index in [1.54, 1.807) is 12.1 Å². The summed E-state index contributed by atoms with van der Waals surface area (Å²) in [7, 11) is 1.52. The Morgan fingerprint density at radius 3 is 2.43 bits per heavy atom. The molecule has 3 amide bonds. The number of nitrogens with one attached hydrogen (secondary N) is 3. The lowest BCUT2D eigenvalue weighted by Gasteiger charge is -2.07. The molecule has 0 atom stereocenters. The predicted molar refractivity (Wildman–Crippen MR) is 81.1 cm³/mol. The van der Waals surface area contributed by atoms with Crippen molar-refractivity contribution in [1.82, 2.24) is 10.3 Å². The van der Waals surface area contributed by atoms with Crippen molar-refractivity contribution < 1.29 is 9.59 Å². The summed E-state index contributed by atoms with van der Waals surface area (Å²) in [5, 5.41) is 7.72. The zero-order valence-electron chi connectivity index (χ0n) is 11.6. The number of amides is 3. The van der Waals surface area contributed by atoms with Gasteiger partial charge in [-0.3, -0.25) is 10.1 Å². The highest BCUT2D eigenvalue weighted by Crippen LogP contribution is 2.10. The van der Waals surface area contributed by atoms with Crippen LogP contribution in [-0.4, -0.2) is 24.0 Å². The number of rotatable bonds is 4. The van der Waals surface area contributed by atoms with Crippen molar-refractivity contribution in [1.29, 1.82) is 0 Å². The number of carbonyl (C=O) groups is 2. The van der Waals surface area contributed by atoms with Gasteiger partial charge in [-0.1, -0.05) is 30.3 Å². The molecule has 1 heterocycles. The van der Waals surface area contributed by atoms with Crippen molar-refractivity contribution in [2.45, 2.75) is 6.42 Å². The van der Waals surface area contributed by atoms with E-state index < -0.39 is 0 Å². The minimum atomic E-state index is -0.344. The molecule has 0 unspecified atom stereocenters. The van der Waals surface area contributed by atoms with Crippen LogP contribution in [0.5, 0.6) is 0 Å². The fourth-order valence-corrected chi connectivity index (χ4v) is 1.71. The van der Waals surface area contributed by atoms with Crippen LogP contribution in [0.4, 0.5) is 16.3 Å². The zero-order valence-corrected chi connectivity index (χ0v) is 11.6. The fourth-order valence-electron chi connectivity index (χ4n) is 1.71. The second-order valence-corrected chi connectivity index (χ2v) is 4.35. The first-order valence-electron chi connectivity index (χ1n) is 6.46. The van der Waals surface area contributed by atoms with Crippen LogP contribution in [0, 0.1) is 0 Å². The summed E-state index contributed by atoms with van der Waals surface area (Å²) in [6.07, 6.45) is 1.80. The SMILES string of the molecule is CNC(=O)Nc1ccc(NC(=O)Cc2ccccc2)cn1. The van der Waals surface area contributed by atoms with E-state index in [1.165, 1.54) is 13.2 Å². The minimum Gasteiger partial charge on any atom is -0.341 e. The number of benzene rings is 1. The van der Waals surface area contributed by atoms with Crippen molar-refractivity contribution in [3.63, 3.8) is 0 Å². The molecule has 1 aromatic carbocycles. The molecule has 6 heteroatoms. The summed E-state index contributed by atoms with van der Waals surface area (Å²) in [6, 6.07) is 12.4. The summed E-state index contributed by atoms with van der Waals surface area (Å²) in [6.45, 7) is 0. The predicted octanol–water partition coefficient (Wildman–Crippen LogP) is 2.01. The molecule has 0 radical (unpaired) electrons. The molecule has 2 aromatic rings. The molecule has 6 nitrogen and oxygen atoms in total. The lowest BCUT2D eigenvalue weighted by atomic mass is 10.1. The molecule has 0 spiro atoms. The Morgan fingerprint density at radius 2 is 1.81 bits per heavy atom. The number of hydrogen-bond donors (Lipinski definition) is 3. The van der Waals surface area contributed by atoms with Crippen LogP contribution < -0.4 is 16.0 Å². The number of hydrogen-bond acceptors (Lipinski definition) is 3. The number of nitrogens with zero attached hydrogens (tertiary/aromatic N) is 1. The van der Waals surface area contributed by atoms with E-state index in [0.29, 0.717) is 17.9 Å². The quantitative estimate of drug-likeness (QED) is 0.803. The van der Waals surface area contributed by atoms with Crippen molar-refractivity contribution >= 4 is 23.4 Å². The second kappa shape index (κ2) is 7.04. The second-order valence-electron chi connectivity index (χ2n) is 4.35. The van der Waals surface area contributed by atoms with E-state index in [1.807, 2.05) is 30.3 Å². The molecule has 0 aliphatic heterocycles. The number of aromatic nitrogens is 1. The van der Waals surface area contributed by atoms with Crippen LogP contribution in [0.3, 0.4) is 0 Å². The molecule has 3 N–H and O–H groups in total. The molecular formula is C15H16N4O2. The van der Waals surface area contributed by atoms with Gasteiger partial charge in [0.15, 0.2) is 0 Å². The average Bonchev–Trinajstić information content (AvgIpc) is 2.50. The average molecular weight is 284 g/mol. The van der Waals surface area contributed by atoms with Crippen LogP contribution >= 0.6 is 0 Å². The van der Waals surface area contributed by atoms with Gasteiger partial charge in [0.25, 0.3) is 0 Å². The lowest BCUT2D eigenvalue weighted by Crippen LogP contribution is -2.24. The van der Waals surface area contributed by atoms with E-state index in [4.69, 9.17) is 0 Å². The summed E-state index contributed by atoms with van der Waals surface area (Å²) < 4.78 is 0. The van der Waals surface area contributed by atoms with Crippen LogP contribution in [0.1, 0.15) is 5.56 Å². The van der Waals surface area contributed by atoms with Gasteiger partial charge in [-0.2, -0.15) is 0 Å². The maximum Gasteiger partial charge on any atom is 0.320 e. The highest BCUT2D eigenvalue weighted by molar-refractivity contribution is 5.92. The van der Waals surface area contributed by atoms with Gasteiger partial charge in [0, 0.05) is 7.05 Å². The summed E-state index contributed by atoms with van der Waals surface area (Å²) in [5.41, 5.74) is 1.53. The number of pyridine rings is 1. The van der Waals surface area contributed by atoms with E-state index >= 15 is 0 Å². The van der Waals surface area contributed by atoms with Gasteiger partial charge in [0.05, 0.1) is 18.3 Å². The maximum atomic E-state index is 11.9. The molecular weight excluding hydrogens is 268 g/mol. The van der Waals surface area contributed by atoms with Crippen molar-refractivity contribution in [3.05, 3.63) is 54.2 Å². The Kier molecular flexibility index (Phi) is 4.87. The molecule has 1 aromatic heterocycles. The Hall–Kier alpha value is -2.89. The largest absolute Gasteiger partial charge is 0.341 e. The maximum absolute atomic E-state index is 11.9. The third-order valence-electron chi connectivity index (χ3n) is 2.72. The lowest BCUT2D eigenvalue weighted by molar-refractivity contribution is -0.115. The summed E-state index contributed by atoms with van der Waals surface area (Å²) in [5.74, 6) is 0.297. The molecule has 21 heavy (non-hydrogen) atoms. The molecule has 108 valence electrons. The van der Waals surface area contributed by atoms with E-state index in [-0.39, 0.29) is 11.9 Å². The summed E-state index contributed by atoms with van der Waals surface area (Å²) >= 11 is 0. The Morgan fingerprint density at radius 1 is 1.05 bits per heavy atom. The molecule has 0 fully saturated rings. The van der Waals surface area contributed by atoms with Gasteiger partial charge < -0.3 is 10.6 Å². The normalized spacial score (nSPS) is 9.76. The number of urea groups is 1. The minimum absolute atomic E-state index is 0.116. The molecule has 0 bridgehead atoms. The van der Waals surface area contributed by atoms with Gasteiger partial charge in [-0.15, -0.1) is 0 Å². The van der Waals surface area contributed by atoms with Gasteiger partial charge in [0.1, 0.15) is 5.82 Å². The van der Waals surface area contributed by atoms with Crippen LogP contribution in [0.25, 0.3) is 0 Å². The fraction of sp³-hybridized carbons (Fsp3) is 0.133. The standard InChI is InChI=1S/C15H16N4O2/c1-16-15(21)19-13-8-7-12(10-17-13)18-14(20)9-11-5-3-2-4-6-11/h2-8,10H,9H2,1H3,(H,18,20)(H2,16,17,19,21). The topological polar surface area (TPSA) is 83.1 Å². The molecule has 2 rings (SSSR count). The van der Waals surface area contributed by atoms with Gasteiger partial charge in [-0.05, 0) is 17.7 Å². The Balaban J connectivity index is 1.91. The molecule has 0 aliphatic carbocycles. The van der Waals surface area contributed by atoms with E-state index in [9.17, 15) is 9.59 Å². The first-order valence-corrected chi connectivity index (χ1v) is 6.46. The summed E-state index contributed by atoms with van der Waals surface area (Å²) in [4.78, 5) is 27.0. The van der Waals surface area contributed by atoms with E-state index in [2.05, 4.69) is 20.9 Å². The van der Waals surface area contributed by atoms with Crippen LogP contribution in [0.15, 0.2) is 48.7 Å². The van der Waals surface area contributed by atoms with Crippen LogP contribution in [-0.2, 0) is 11.2 Å². The monoisotopic (exact) mass is 284 g/mol. The third kappa shape index (κ3) is 4.61. The third-order valence-corrected chi connectivity index (χ3v) is 2.72. The number of carbonyl (C=O) groups excluding carboxylic acids is 2. The number of anilines is 2. The molecule has 0 saturated carbocycles. The van der Waals surface area contributed by atoms with Crippen molar-refractivity contribution in [3.8, 4) is 0 Å². The van der Waals surface area contributed by atoms with Gasteiger partial charge in [0.2, 0.25) is 5.91 Å². The molecule has 0 saturated heterocycles. The first-order chi connectivity index (χ1) is 10.2. The van der Waals surface area contributed by atoms with E-state index in [0.717, 1.165) is 5.56 Å². The van der Waals surface area contributed by atoms with Crippen LogP contribution in [0.2, 0.25) is 0 Å². The zero-order chi connectivity index (χ0) is 15.1. The smallest absolute Gasteiger partial charge is 0.320 e. The van der Waals surface area contributed by atoms with Crippen molar-refractivity contribution in [2.75, 3.05) is 17.7 Å². The van der Waals surface area contributed by atoms with Crippen molar-refractivity contribution in [2.24, 2.45) is 0 Å². The first kappa shape index (κ1) is 14.5. The van der Waals surface area contributed by atoms with Gasteiger partial charge >= 0.3 is 6.03 Å². The highest BCUT2D eigenvalue weighted by atomic mass is 16.2. The van der Waals surface area contributed by atoms with Gasteiger partial charge in [-0.25, -0.2) is 9.78 Å². The molecule has 0 aliphatic rings. The Bertz CT molecular complexity index is 611.